The van der Waals surface area contributed by atoms with Gasteiger partial charge in [0.05, 0.1) is 22.0 Å². The van der Waals surface area contributed by atoms with Gasteiger partial charge in [-0.25, -0.2) is 4.79 Å². The molecule has 166 valence electrons. The van der Waals surface area contributed by atoms with Gasteiger partial charge in [0.15, 0.2) is 0 Å². The molecule has 1 aliphatic carbocycles. The molecule has 0 bridgehead atoms. The second-order valence-electron chi connectivity index (χ2n) is 8.15. The first-order chi connectivity index (χ1) is 14.4. The van der Waals surface area contributed by atoms with Crippen LogP contribution < -0.4 is 10.6 Å². The predicted molar refractivity (Wildman–Crippen MR) is 125 cm³/mol. The molecule has 1 aromatic carbocycles. The molecule has 1 saturated carbocycles. The minimum Gasteiger partial charge on any atom is -0.459 e. The van der Waals surface area contributed by atoms with E-state index in [0.29, 0.717) is 22.5 Å². The molecule has 0 radical (unpaired) electrons. The number of hydrogen-bond donors (Lipinski definition) is 2. The highest BCUT2D eigenvalue weighted by atomic mass is 35.5. The minimum absolute atomic E-state index is 0.154. The largest absolute Gasteiger partial charge is 0.459 e. The molecule has 1 aromatic heterocycles. The molecule has 0 aliphatic heterocycles. The molecule has 3 rings (SSSR count). The molecule has 1 heterocycles. The van der Waals surface area contributed by atoms with Gasteiger partial charge in [0.25, 0.3) is 5.91 Å². The predicted octanol–water partition coefficient (Wildman–Crippen LogP) is 5.70. The van der Waals surface area contributed by atoms with Crippen molar-refractivity contribution in [2.45, 2.75) is 51.5 Å². The molecule has 0 spiro atoms. The molecule has 2 amide bonds. The van der Waals surface area contributed by atoms with Crippen molar-refractivity contribution in [1.82, 2.24) is 0 Å². The first-order valence-corrected chi connectivity index (χ1v) is 11.3. The lowest BCUT2D eigenvalue weighted by Gasteiger charge is -2.13. The molecule has 1 fully saturated rings. The van der Waals surface area contributed by atoms with Crippen LogP contribution in [-0.2, 0) is 9.53 Å². The van der Waals surface area contributed by atoms with E-state index in [1.54, 1.807) is 33.8 Å². The molecule has 0 saturated heterocycles. The number of nitrogens with one attached hydrogen (secondary N) is 2. The minimum atomic E-state index is -1.16. The number of hydrogen-bond acceptors (Lipinski definition) is 5. The number of amides is 2. The van der Waals surface area contributed by atoms with Gasteiger partial charge < -0.3 is 15.4 Å². The van der Waals surface area contributed by atoms with Crippen LogP contribution in [0.25, 0.3) is 0 Å². The van der Waals surface area contributed by atoms with E-state index in [1.165, 1.54) is 0 Å². The number of thiophene rings is 1. The SMILES string of the molecule is Cc1ccccc1NC(=O)c1sc(NC(=O)C2(C)CC2(Cl)Cl)c(C(=O)OC(C)C)c1C. The molecule has 1 unspecified atom stereocenters. The van der Waals surface area contributed by atoms with Gasteiger partial charge in [-0.15, -0.1) is 34.5 Å². The number of carbonyl (C=O) groups excluding carboxylic acids is 3. The van der Waals surface area contributed by atoms with Crippen LogP contribution in [0.1, 0.15) is 58.3 Å². The highest BCUT2D eigenvalue weighted by Crippen LogP contribution is 2.64. The highest BCUT2D eigenvalue weighted by molar-refractivity contribution is 7.19. The van der Waals surface area contributed by atoms with E-state index in [2.05, 4.69) is 10.6 Å². The van der Waals surface area contributed by atoms with Crippen molar-refractivity contribution in [3.05, 3.63) is 45.8 Å². The maximum atomic E-state index is 13.0. The Labute approximate surface area is 195 Å². The van der Waals surface area contributed by atoms with Crippen LogP contribution in [0.2, 0.25) is 0 Å². The quantitative estimate of drug-likeness (QED) is 0.408. The zero-order valence-electron chi connectivity index (χ0n) is 17.9. The Bertz CT molecular complexity index is 1060. The van der Waals surface area contributed by atoms with Crippen LogP contribution in [0, 0.1) is 19.3 Å². The van der Waals surface area contributed by atoms with Crippen molar-refractivity contribution in [2.75, 3.05) is 10.6 Å². The lowest BCUT2D eigenvalue weighted by Crippen LogP contribution is -2.26. The number of esters is 1. The van der Waals surface area contributed by atoms with Crippen molar-refractivity contribution >= 4 is 63.0 Å². The molecular formula is C22H24Cl2N2O4S. The number of ether oxygens (including phenoxy) is 1. The second kappa shape index (κ2) is 8.45. The van der Waals surface area contributed by atoms with E-state index < -0.39 is 21.6 Å². The Hall–Kier alpha value is -2.09. The number of carbonyl (C=O) groups is 3. The summed E-state index contributed by atoms with van der Waals surface area (Å²) in [5.74, 6) is -1.40. The number of benzene rings is 1. The standard InChI is InChI=1S/C22H24Cl2N2O4S/c1-11(2)30-19(28)15-13(4)16(17(27)25-14-9-7-6-8-12(14)3)31-18(15)26-20(29)21(5)10-22(21,23)24/h6-9,11H,10H2,1-5H3,(H,25,27)(H,26,29). The maximum absolute atomic E-state index is 13.0. The number of alkyl halides is 2. The van der Waals surface area contributed by atoms with E-state index in [4.69, 9.17) is 27.9 Å². The van der Waals surface area contributed by atoms with E-state index in [1.807, 2.05) is 25.1 Å². The Balaban J connectivity index is 1.95. The average molecular weight is 483 g/mol. The highest BCUT2D eigenvalue weighted by Gasteiger charge is 2.68. The monoisotopic (exact) mass is 482 g/mol. The van der Waals surface area contributed by atoms with Gasteiger partial charge in [-0.1, -0.05) is 18.2 Å². The maximum Gasteiger partial charge on any atom is 0.341 e. The summed E-state index contributed by atoms with van der Waals surface area (Å²) in [5, 5.41) is 5.84. The van der Waals surface area contributed by atoms with Crippen molar-refractivity contribution in [1.29, 1.82) is 0 Å². The summed E-state index contributed by atoms with van der Waals surface area (Å²) in [4.78, 5) is 38.9. The van der Waals surface area contributed by atoms with Crippen LogP contribution >= 0.6 is 34.5 Å². The molecule has 1 atom stereocenters. The fraction of sp³-hybridized carbons (Fsp3) is 0.409. The lowest BCUT2D eigenvalue weighted by atomic mass is 10.1. The summed E-state index contributed by atoms with van der Waals surface area (Å²) in [5.41, 5.74) is 1.18. The van der Waals surface area contributed by atoms with Crippen LogP contribution in [0.5, 0.6) is 0 Å². The first-order valence-electron chi connectivity index (χ1n) is 9.78. The zero-order valence-corrected chi connectivity index (χ0v) is 20.2. The number of halogens is 2. The number of aryl methyl sites for hydroxylation is 1. The van der Waals surface area contributed by atoms with Crippen LogP contribution in [0.3, 0.4) is 0 Å². The zero-order chi connectivity index (χ0) is 23.1. The number of para-hydroxylation sites is 1. The fourth-order valence-electron chi connectivity index (χ4n) is 3.12. The summed E-state index contributed by atoms with van der Waals surface area (Å²) in [6.45, 7) is 8.64. The summed E-state index contributed by atoms with van der Waals surface area (Å²) in [6.07, 6.45) is -0.0648. The van der Waals surface area contributed by atoms with E-state index in [-0.39, 0.29) is 22.6 Å². The summed E-state index contributed by atoms with van der Waals surface area (Å²) in [6, 6.07) is 7.37. The molecule has 2 N–H and O–H groups in total. The Morgan fingerprint density at radius 3 is 2.29 bits per heavy atom. The number of anilines is 2. The smallest absolute Gasteiger partial charge is 0.341 e. The van der Waals surface area contributed by atoms with Crippen molar-refractivity contribution in [3.63, 3.8) is 0 Å². The third-order valence-electron chi connectivity index (χ3n) is 5.28. The van der Waals surface area contributed by atoms with Gasteiger partial charge in [0.1, 0.15) is 9.33 Å². The van der Waals surface area contributed by atoms with Crippen LogP contribution in [-0.4, -0.2) is 28.2 Å². The topological polar surface area (TPSA) is 84.5 Å². The van der Waals surface area contributed by atoms with Crippen LogP contribution in [0.4, 0.5) is 10.7 Å². The van der Waals surface area contributed by atoms with Crippen molar-refractivity contribution in [3.8, 4) is 0 Å². The molecule has 1 aliphatic rings. The molecule has 9 heteroatoms. The van der Waals surface area contributed by atoms with E-state index in [0.717, 1.165) is 16.9 Å². The lowest BCUT2D eigenvalue weighted by molar-refractivity contribution is -0.120. The van der Waals surface area contributed by atoms with Gasteiger partial charge >= 0.3 is 5.97 Å². The Morgan fingerprint density at radius 2 is 1.74 bits per heavy atom. The Kier molecular flexibility index (Phi) is 6.42. The van der Waals surface area contributed by atoms with Gasteiger partial charge in [0, 0.05) is 5.69 Å². The summed E-state index contributed by atoms with van der Waals surface area (Å²) in [7, 11) is 0. The number of rotatable bonds is 6. The third kappa shape index (κ3) is 4.59. The normalized spacial score (nSPS) is 19.1. The van der Waals surface area contributed by atoms with Gasteiger partial charge in [-0.05, 0) is 58.2 Å². The van der Waals surface area contributed by atoms with Gasteiger partial charge in [0.2, 0.25) is 5.91 Å². The molecule has 31 heavy (non-hydrogen) atoms. The summed E-state index contributed by atoms with van der Waals surface area (Å²) < 4.78 is 4.18. The molecule has 2 aromatic rings. The fourth-order valence-corrected chi connectivity index (χ4v) is 4.91. The third-order valence-corrected chi connectivity index (χ3v) is 7.59. The van der Waals surface area contributed by atoms with Gasteiger partial charge in [-0.2, -0.15) is 0 Å². The molecular weight excluding hydrogens is 459 g/mol. The van der Waals surface area contributed by atoms with Crippen molar-refractivity contribution in [2.24, 2.45) is 5.41 Å². The van der Waals surface area contributed by atoms with Gasteiger partial charge in [-0.3, -0.25) is 9.59 Å². The average Bonchev–Trinajstić information content (AvgIpc) is 3.01. The Morgan fingerprint density at radius 1 is 1.13 bits per heavy atom. The van der Waals surface area contributed by atoms with E-state index in [9.17, 15) is 14.4 Å². The first kappa shape index (κ1) is 23.6. The van der Waals surface area contributed by atoms with E-state index >= 15 is 0 Å². The molecule has 6 nitrogen and oxygen atoms in total. The van der Waals surface area contributed by atoms with Crippen LogP contribution in [0.15, 0.2) is 24.3 Å². The van der Waals surface area contributed by atoms with Crippen molar-refractivity contribution < 1.29 is 19.1 Å². The second-order valence-corrected chi connectivity index (χ2v) is 10.7. The summed E-state index contributed by atoms with van der Waals surface area (Å²) >= 11 is 13.3.